The predicted molar refractivity (Wildman–Crippen MR) is 128 cm³/mol. The summed E-state index contributed by atoms with van der Waals surface area (Å²) in [7, 11) is 1.45. The molecule has 1 fully saturated rings. The second-order valence-electron chi connectivity index (χ2n) is 8.07. The van der Waals surface area contributed by atoms with E-state index in [0.29, 0.717) is 30.2 Å². The Hall–Kier alpha value is -3.60. The molecule has 1 amide bonds. The maximum Gasteiger partial charge on any atom is 0.250 e. The Morgan fingerprint density at radius 3 is 2.46 bits per heavy atom. The van der Waals surface area contributed by atoms with Gasteiger partial charge in [-0.3, -0.25) is 10.1 Å². The number of methoxy groups -OCH3 is 1. The summed E-state index contributed by atoms with van der Waals surface area (Å²) in [5.74, 6) is -1.55. The molecule has 0 saturated carbocycles. The Morgan fingerprint density at radius 2 is 1.83 bits per heavy atom. The third-order valence-electron chi connectivity index (χ3n) is 5.65. The number of nitrogens with two attached hydrogens (primary N) is 1. The van der Waals surface area contributed by atoms with Crippen LogP contribution in [0, 0.1) is 11.6 Å². The van der Waals surface area contributed by atoms with Gasteiger partial charge in [0.2, 0.25) is 0 Å². The first-order valence-corrected chi connectivity index (χ1v) is 11.1. The molecule has 1 atom stereocenters. The smallest absolute Gasteiger partial charge is 0.250 e. The van der Waals surface area contributed by atoms with Crippen LogP contribution in [0.2, 0.25) is 0 Å². The van der Waals surface area contributed by atoms with Crippen LogP contribution in [0.25, 0.3) is 0 Å². The van der Waals surface area contributed by atoms with Crippen LogP contribution in [0.3, 0.4) is 0 Å². The van der Waals surface area contributed by atoms with Crippen molar-refractivity contribution >= 4 is 23.1 Å². The fourth-order valence-corrected chi connectivity index (χ4v) is 3.93. The molecule has 0 radical (unpaired) electrons. The topological polar surface area (TPSA) is 102 Å². The van der Waals surface area contributed by atoms with Crippen LogP contribution in [0.15, 0.2) is 54.7 Å². The fourth-order valence-electron chi connectivity index (χ4n) is 3.93. The lowest BCUT2D eigenvalue weighted by molar-refractivity contribution is 0.0703. The molecule has 0 spiro atoms. The van der Waals surface area contributed by atoms with Gasteiger partial charge in [0.15, 0.2) is 0 Å². The molecule has 4 rings (SSSR count). The average Bonchev–Trinajstić information content (AvgIpc) is 2.85. The van der Waals surface area contributed by atoms with E-state index in [-0.39, 0.29) is 12.1 Å². The van der Waals surface area contributed by atoms with E-state index in [4.69, 9.17) is 15.2 Å². The number of pyridine rings is 1. The standard InChI is InChI=1S/C25H27F2N5O3/c1-34-25(30-14-16-10-17(26)12-18(27)11-16)21-13-23(29-15-22(21)24(28)33)31-19-2-4-20(5-3-19)32-6-8-35-9-7-32/h2-5,10-13,15,25,30H,6-9,14H2,1H3,(H2,28,33)(H,29,31). The molecule has 184 valence electrons. The summed E-state index contributed by atoms with van der Waals surface area (Å²) in [5, 5.41) is 6.27. The van der Waals surface area contributed by atoms with E-state index in [1.54, 1.807) is 6.07 Å². The molecular formula is C25H27F2N5O3. The fraction of sp³-hybridized carbons (Fsp3) is 0.280. The Morgan fingerprint density at radius 1 is 1.14 bits per heavy atom. The molecule has 2 aromatic carbocycles. The number of nitrogens with zero attached hydrogens (tertiary/aromatic N) is 2. The number of rotatable bonds is 9. The second kappa shape index (κ2) is 11.2. The molecule has 8 nitrogen and oxygen atoms in total. The van der Waals surface area contributed by atoms with Gasteiger partial charge in [-0.2, -0.15) is 0 Å². The van der Waals surface area contributed by atoms with Gasteiger partial charge in [-0.25, -0.2) is 13.8 Å². The van der Waals surface area contributed by atoms with Crippen molar-refractivity contribution in [2.45, 2.75) is 12.8 Å². The molecule has 0 aliphatic carbocycles. The van der Waals surface area contributed by atoms with Gasteiger partial charge in [-0.05, 0) is 48.0 Å². The van der Waals surface area contributed by atoms with Crippen molar-refractivity contribution in [3.63, 3.8) is 0 Å². The minimum Gasteiger partial charge on any atom is -0.378 e. The molecule has 1 saturated heterocycles. The lowest BCUT2D eigenvalue weighted by Gasteiger charge is -2.29. The molecular weight excluding hydrogens is 456 g/mol. The zero-order valence-corrected chi connectivity index (χ0v) is 19.3. The summed E-state index contributed by atoms with van der Waals surface area (Å²) in [6, 6.07) is 12.8. The zero-order valence-electron chi connectivity index (χ0n) is 19.3. The highest BCUT2D eigenvalue weighted by molar-refractivity contribution is 5.94. The average molecular weight is 484 g/mol. The monoisotopic (exact) mass is 483 g/mol. The predicted octanol–water partition coefficient (Wildman–Crippen LogP) is 3.47. The van der Waals surface area contributed by atoms with Crippen LogP contribution in [0.5, 0.6) is 0 Å². The lowest BCUT2D eigenvalue weighted by atomic mass is 10.1. The minimum absolute atomic E-state index is 0.0967. The highest BCUT2D eigenvalue weighted by Crippen LogP contribution is 2.25. The van der Waals surface area contributed by atoms with Crippen LogP contribution in [0.1, 0.15) is 27.7 Å². The lowest BCUT2D eigenvalue weighted by Crippen LogP contribution is -2.36. The van der Waals surface area contributed by atoms with E-state index in [9.17, 15) is 13.6 Å². The summed E-state index contributed by atoms with van der Waals surface area (Å²) < 4.78 is 38.0. The van der Waals surface area contributed by atoms with Crippen LogP contribution in [0.4, 0.5) is 26.0 Å². The zero-order chi connectivity index (χ0) is 24.8. The van der Waals surface area contributed by atoms with Gasteiger partial charge in [-0.1, -0.05) is 0 Å². The number of morpholine rings is 1. The van der Waals surface area contributed by atoms with Gasteiger partial charge in [0.25, 0.3) is 5.91 Å². The normalized spacial score (nSPS) is 14.5. The van der Waals surface area contributed by atoms with Crippen LogP contribution in [-0.4, -0.2) is 44.3 Å². The van der Waals surface area contributed by atoms with E-state index in [1.165, 1.54) is 25.4 Å². The van der Waals surface area contributed by atoms with Crippen molar-refractivity contribution in [2.24, 2.45) is 5.73 Å². The van der Waals surface area contributed by atoms with Gasteiger partial charge < -0.3 is 25.4 Å². The number of hydrogen-bond acceptors (Lipinski definition) is 7. The first-order chi connectivity index (χ1) is 16.9. The van der Waals surface area contributed by atoms with Gasteiger partial charge in [0.05, 0.1) is 18.8 Å². The number of amides is 1. The Balaban J connectivity index is 1.51. The third-order valence-corrected chi connectivity index (χ3v) is 5.65. The van der Waals surface area contributed by atoms with Gasteiger partial charge >= 0.3 is 0 Å². The molecule has 1 aliphatic heterocycles. The Kier molecular flexibility index (Phi) is 7.86. The Labute approximate surface area is 202 Å². The summed E-state index contributed by atoms with van der Waals surface area (Å²) in [5.41, 5.74) is 8.46. The third kappa shape index (κ3) is 6.30. The van der Waals surface area contributed by atoms with Gasteiger partial charge in [0.1, 0.15) is 23.7 Å². The molecule has 1 aromatic heterocycles. The largest absolute Gasteiger partial charge is 0.378 e. The van der Waals surface area contributed by atoms with E-state index >= 15 is 0 Å². The number of ether oxygens (including phenoxy) is 2. The van der Waals surface area contributed by atoms with E-state index in [2.05, 4.69) is 20.5 Å². The highest BCUT2D eigenvalue weighted by atomic mass is 19.1. The highest BCUT2D eigenvalue weighted by Gasteiger charge is 2.20. The van der Waals surface area contributed by atoms with Crippen molar-refractivity contribution in [3.8, 4) is 0 Å². The number of nitrogens with one attached hydrogen (secondary N) is 2. The van der Waals surface area contributed by atoms with E-state index < -0.39 is 23.8 Å². The molecule has 2 heterocycles. The maximum absolute atomic E-state index is 13.5. The maximum atomic E-state index is 13.5. The minimum atomic E-state index is -0.781. The summed E-state index contributed by atoms with van der Waals surface area (Å²) in [6.45, 7) is 3.21. The number of primary amides is 1. The first-order valence-electron chi connectivity index (χ1n) is 11.1. The van der Waals surface area contributed by atoms with Crippen molar-refractivity contribution < 1.29 is 23.0 Å². The van der Waals surface area contributed by atoms with Crippen LogP contribution < -0.4 is 21.3 Å². The quantitative estimate of drug-likeness (QED) is 0.401. The number of aromatic nitrogens is 1. The van der Waals surface area contributed by atoms with Crippen LogP contribution >= 0.6 is 0 Å². The summed E-state index contributed by atoms with van der Waals surface area (Å²) in [4.78, 5) is 18.6. The van der Waals surface area contributed by atoms with E-state index in [1.807, 2.05) is 24.3 Å². The molecule has 10 heteroatoms. The van der Waals surface area contributed by atoms with Gasteiger partial charge in [-0.15, -0.1) is 0 Å². The van der Waals surface area contributed by atoms with Crippen molar-refractivity contribution in [2.75, 3.05) is 43.6 Å². The number of anilines is 3. The summed E-state index contributed by atoms with van der Waals surface area (Å²) in [6.07, 6.45) is 0.591. The molecule has 1 aliphatic rings. The summed E-state index contributed by atoms with van der Waals surface area (Å²) >= 11 is 0. The second-order valence-corrected chi connectivity index (χ2v) is 8.07. The number of hydrogen-bond donors (Lipinski definition) is 3. The van der Waals surface area contributed by atoms with Crippen molar-refractivity contribution in [3.05, 3.63) is 83.1 Å². The molecule has 1 unspecified atom stereocenters. The van der Waals surface area contributed by atoms with Crippen LogP contribution in [-0.2, 0) is 16.0 Å². The Bertz CT molecular complexity index is 1150. The molecule has 0 bridgehead atoms. The van der Waals surface area contributed by atoms with E-state index in [0.717, 1.165) is 30.5 Å². The number of halogens is 2. The molecule has 35 heavy (non-hydrogen) atoms. The van der Waals surface area contributed by atoms with Gasteiger partial charge in [0, 0.05) is 55.9 Å². The van der Waals surface area contributed by atoms with Crippen molar-refractivity contribution in [1.82, 2.24) is 10.3 Å². The van der Waals surface area contributed by atoms with Crippen molar-refractivity contribution in [1.29, 1.82) is 0 Å². The SMILES string of the molecule is COC(NCc1cc(F)cc(F)c1)c1cc(Nc2ccc(N3CCOCC3)cc2)ncc1C(N)=O. The first kappa shape index (κ1) is 24.5. The number of carbonyl (C=O) groups is 1. The molecule has 4 N–H and O–H groups in total. The number of benzene rings is 2. The number of carbonyl (C=O) groups excluding carboxylic acids is 1. The molecule has 3 aromatic rings.